The molecule has 94 valence electrons. The maximum absolute atomic E-state index is 14.2. The topological polar surface area (TPSA) is 12.0 Å². The van der Waals surface area contributed by atoms with Crippen LogP contribution in [0.25, 0.3) is 0 Å². The van der Waals surface area contributed by atoms with E-state index in [0.29, 0.717) is 10.0 Å². The van der Waals surface area contributed by atoms with Crippen LogP contribution in [-0.2, 0) is 0 Å². The van der Waals surface area contributed by atoms with Crippen LogP contribution >= 0.6 is 38.5 Å². The highest BCUT2D eigenvalue weighted by Gasteiger charge is 2.19. The van der Waals surface area contributed by atoms with E-state index in [1.54, 1.807) is 6.07 Å². The van der Waals surface area contributed by atoms with Crippen molar-refractivity contribution in [1.29, 1.82) is 0 Å². The van der Waals surface area contributed by atoms with Crippen LogP contribution in [0.5, 0.6) is 0 Å². The van der Waals surface area contributed by atoms with Gasteiger partial charge in [-0.2, -0.15) is 0 Å². The molecule has 0 saturated carbocycles. The highest BCUT2D eigenvalue weighted by Crippen LogP contribution is 2.30. The highest BCUT2D eigenvalue weighted by atomic mass is 127. The second-order valence-corrected chi connectivity index (χ2v) is 5.90. The van der Waals surface area contributed by atoms with Crippen molar-refractivity contribution in [2.24, 2.45) is 0 Å². The molecule has 0 heterocycles. The number of nitrogens with one attached hydrogen (secondary N) is 1. The van der Waals surface area contributed by atoms with Crippen molar-refractivity contribution in [1.82, 2.24) is 5.32 Å². The molecule has 0 radical (unpaired) electrons. The van der Waals surface area contributed by atoms with Gasteiger partial charge < -0.3 is 5.32 Å². The van der Waals surface area contributed by atoms with E-state index in [4.69, 9.17) is 0 Å². The Bertz CT molecular complexity index is 559. The molecule has 1 unspecified atom stereocenters. The van der Waals surface area contributed by atoms with Crippen LogP contribution in [0.3, 0.4) is 0 Å². The summed E-state index contributed by atoms with van der Waals surface area (Å²) in [4.78, 5) is 0. The second-order valence-electron chi connectivity index (χ2n) is 3.89. The molecule has 0 aliphatic rings. The summed E-state index contributed by atoms with van der Waals surface area (Å²) < 4.78 is 15.8. The Morgan fingerprint density at radius 3 is 2.44 bits per heavy atom. The third-order valence-corrected chi connectivity index (χ3v) is 4.39. The number of halogens is 3. The van der Waals surface area contributed by atoms with Crippen LogP contribution < -0.4 is 5.32 Å². The molecule has 1 atom stereocenters. The van der Waals surface area contributed by atoms with Crippen LogP contribution in [0, 0.1) is 9.39 Å². The SMILES string of the molecule is CNC(c1ccccc1I)c1cccc(Br)c1F. The lowest BCUT2D eigenvalue weighted by molar-refractivity contribution is 0.570. The van der Waals surface area contributed by atoms with Crippen molar-refractivity contribution in [2.75, 3.05) is 7.05 Å². The number of hydrogen-bond acceptors (Lipinski definition) is 1. The molecule has 0 amide bonds. The smallest absolute Gasteiger partial charge is 0.142 e. The minimum absolute atomic E-state index is 0.143. The molecule has 2 aromatic carbocycles. The lowest BCUT2D eigenvalue weighted by Crippen LogP contribution is -2.20. The fourth-order valence-corrected chi connectivity index (χ4v) is 3.01. The molecule has 4 heteroatoms. The van der Waals surface area contributed by atoms with E-state index in [2.05, 4.69) is 43.8 Å². The van der Waals surface area contributed by atoms with Crippen molar-refractivity contribution >= 4 is 38.5 Å². The first kappa shape index (κ1) is 14.0. The highest BCUT2D eigenvalue weighted by molar-refractivity contribution is 14.1. The van der Waals surface area contributed by atoms with Gasteiger partial charge in [-0.3, -0.25) is 0 Å². The first-order valence-electron chi connectivity index (χ1n) is 5.50. The first-order valence-corrected chi connectivity index (χ1v) is 7.38. The van der Waals surface area contributed by atoms with Crippen molar-refractivity contribution in [3.05, 3.63) is 67.5 Å². The molecular formula is C14H12BrFIN. The van der Waals surface area contributed by atoms with Gasteiger partial charge in [0.25, 0.3) is 0 Å². The van der Waals surface area contributed by atoms with Gasteiger partial charge in [0, 0.05) is 9.13 Å². The van der Waals surface area contributed by atoms with Gasteiger partial charge >= 0.3 is 0 Å². The molecule has 0 aliphatic carbocycles. The molecular weight excluding hydrogens is 408 g/mol. The van der Waals surface area contributed by atoms with Crippen LogP contribution in [0.2, 0.25) is 0 Å². The summed E-state index contributed by atoms with van der Waals surface area (Å²) >= 11 is 5.50. The Kier molecular flexibility index (Phi) is 4.75. The van der Waals surface area contributed by atoms with Gasteiger partial charge in [0.05, 0.1) is 10.5 Å². The normalized spacial score (nSPS) is 12.4. The first-order chi connectivity index (χ1) is 8.65. The van der Waals surface area contributed by atoms with E-state index in [1.165, 1.54) is 0 Å². The minimum atomic E-state index is -0.212. The van der Waals surface area contributed by atoms with Gasteiger partial charge in [-0.05, 0) is 63.3 Å². The molecule has 0 aliphatic heterocycles. The predicted octanol–water partition coefficient (Wildman–Crippen LogP) is 4.50. The fourth-order valence-electron chi connectivity index (χ4n) is 1.93. The van der Waals surface area contributed by atoms with E-state index in [9.17, 15) is 4.39 Å². The Balaban J connectivity index is 2.53. The number of rotatable bonds is 3. The van der Waals surface area contributed by atoms with Crippen molar-refractivity contribution in [3.63, 3.8) is 0 Å². The quantitative estimate of drug-likeness (QED) is 0.722. The zero-order valence-electron chi connectivity index (χ0n) is 9.75. The molecule has 0 bridgehead atoms. The molecule has 0 spiro atoms. The number of hydrogen-bond donors (Lipinski definition) is 1. The maximum atomic E-state index is 14.2. The summed E-state index contributed by atoms with van der Waals surface area (Å²) in [6, 6.07) is 13.2. The van der Waals surface area contributed by atoms with Crippen LogP contribution in [0.4, 0.5) is 4.39 Å². The van der Waals surface area contributed by atoms with Crippen molar-refractivity contribution < 1.29 is 4.39 Å². The zero-order chi connectivity index (χ0) is 13.1. The van der Waals surface area contributed by atoms with E-state index < -0.39 is 0 Å². The summed E-state index contributed by atoms with van der Waals surface area (Å²) in [6.45, 7) is 0. The summed E-state index contributed by atoms with van der Waals surface area (Å²) in [6.07, 6.45) is 0. The zero-order valence-corrected chi connectivity index (χ0v) is 13.5. The van der Waals surface area contributed by atoms with Gasteiger partial charge in [-0.15, -0.1) is 0 Å². The van der Waals surface area contributed by atoms with E-state index in [0.717, 1.165) is 9.13 Å². The lowest BCUT2D eigenvalue weighted by Gasteiger charge is -2.19. The Labute approximate surface area is 128 Å². The molecule has 2 aromatic rings. The summed E-state index contributed by atoms with van der Waals surface area (Å²) in [5.41, 5.74) is 1.73. The van der Waals surface area contributed by atoms with Gasteiger partial charge in [0.1, 0.15) is 5.82 Å². The Morgan fingerprint density at radius 1 is 1.11 bits per heavy atom. The van der Waals surface area contributed by atoms with Crippen molar-refractivity contribution in [2.45, 2.75) is 6.04 Å². The molecule has 1 N–H and O–H groups in total. The van der Waals surface area contributed by atoms with Gasteiger partial charge in [-0.25, -0.2) is 4.39 Å². The molecule has 2 rings (SSSR count). The average Bonchev–Trinajstić information content (AvgIpc) is 2.37. The van der Waals surface area contributed by atoms with Gasteiger partial charge in [0.2, 0.25) is 0 Å². The average molecular weight is 420 g/mol. The predicted molar refractivity (Wildman–Crippen MR) is 84.2 cm³/mol. The third kappa shape index (κ3) is 2.75. The fraction of sp³-hybridized carbons (Fsp3) is 0.143. The van der Waals surface area contributed by atoms with Crippen molar-refractivity contribution in [3.8, 4) is 0 Å². The second kappa shape index (κ2) is 6.12. The molecule has 0 fully saturated rings. The van der Waals surface area contributed by atoms with E-state index in [-0.39, 0.29) is 11.9 Å². The summed E-state index contributed by atoms with van der Waals surface area (Å²) in [5.74, 6) is -0.212. The van der Waals surface area contributed by atoms with Gasteiger partial charge in [0.15, 0.2) is 0 Å². The Hall–Kier alpha value is -0.460. The Morgan fingerprint density at radius 2 is 1.78 bits per heavy atom. The van der Waals surface area contributed by atoms with E-state index in [1.807, 2.05) is 43.4 Å². The molecule has 1 nitrogen and oxygen atoms in total. The maximum Gasteiger partial charge on any atom is 0.142 e. The largest absolute Gasteiger partial charge is 0.309 e. The number of benzene rings is 2. The van der Waals surface area contributed by atoms with Crippen LogP contribution in [0.1, 0.15) is 17.2 Å². The third-order valence-electron chi connectivity index (χ3n) is 2.80. The molecule has 0 saturated heterocycles. The minimum Gasteiger partial charge on any atom is -0.309 e. The van der Waals surface area contributed by atoms with Crippen LogP contribution in [0.15, 0.2) is 46.9 Å². The van der Waals surface area contributed by atoms with Gasteiger partial charge in [-0.1, -0.05) is 30.3 Å². The standard InChI is InChI=1S/C14H12BrFIN/c1-18-14(9-5-2-3-8-12(9)17)10-6-4-7-11(15)13(10)16/h2-8,14,18H,1H3. The molecule has 0 aromatic heterocycles. The summed E-state index contributed by atoms with van der Waals surface area (Å²) in [7, 11) is 1.84. The summed E-state index contributed by atoms with van der Waals surface area (Å²) in [5, 5.41) is 3.18. The van der Waals surface area contributed by atoms with Crippen LogP contribution in [-0.4, -0.2) is 7.05 Å². The molecule has 18 heavy (non-hydrogen) atoms. The lowest BCUT2D eigenvalue weighted by atomic mass is 9.98. The monoisotopic (exact) mass is 419 g/mol. The van der Waals surface area contributed by atoms with E-state index >= 15 is 0 Å².